The molecule has 0 heterocycles. The van der Waals surface area contributed by atoms with Crippen LogP contribution in [0.25, 0.3) is 0 Å². The monoisotopic (exact) mass is 178 g/mol. The van der Waals surface area contributed by atoms with E-state index in [1.165, 1.54) is 0 Å². The molecule has 0 aliphatic carbocycles. The zero-order valence-corrected chi connectivity index (χ0v) is 7.10. The summed E-state index contributed by atoms with van der Waals surface area (Å²) in [5, 5.41) is 8.30. The maximum Gasteiger partial charge on any atom is 0.331 e. The van der Waals surface area contributed by atoms with Crippen molar-refractivity contribution >= 4 is 17.6 Å². The first-order valence-corrected chi connectivity index (χ1v) is 3.86. The number of aliphatic carboxylic acids is 1. The topological polar surface area (TPSA) is 46.5 Å². The van der Waals surface area contributed by atoms with Crippen LogP contribution in [-0.4, -0.2) is 23.6 Å². The Morgan fingerprint density at radius 3 is 2.73 bits per heavy atom. The van der Waals surface area contributed by atoms with Crippen molar-refractivity contribution in [3.63, 3.8) is 0 Å². The summed E-state index contributed by atoms with van der Waals surface area (Å²) in [5.74, 6) is -0.621. The van der Waals surface area contributed by atoms with Crippen molar-refractivity contribution in [3.8, 4) is 0 Å². The summed E-state index contributed by atoms with van der Waals surface area (Å²) in [6.07, 6.45) is 1.82. The van der Waals surface area contributed by atoms with Gasteiger partial charge in [-0.25, -0.2) is 4.79 Å². The quantitative estimate of drug-likeness (QED) is 0.395. The molecule has 4 heteroatoms. The summed E-state index contributed by atoms with van der Waals surface area (Å²) in [6, 6.07) is 0. The molecular weight excluding hydrogens is 168 g/mol. The lowest BCUT2D eigenvalue weighted by Crippen LogP contribution is -1.99. The molecule has 0 aromatic heterocycles. The van der Waals surface area contributed by atoms with E-state index in [0.717, 1.165) is 12.5 Å². The van der Waals surface area contributed by atoms with Crippen LogP contribution in [0.3, 0.4) is 0 Å². The molecule has 0 saturated heterocycles. The molecule has 11 heavy (non-hydrogen) atoms. The second kappa shape index (κ2) is 6.04. The van der Waals surface area contributed by atoms with Gasteiger partial charge in [0.1, 0.15) is 5.76 Å². The number of carboxylic acids is 1. The summed E-state index contributed by atoms with van der Waals surface area (Å²) >= 11 is 5.39. The van der Waals surface area contributed by atoms with Crippen molar-refractivity contribution in [3.05, 3.63) is 11.8 Å². The van der Waals surface area contributed by atoms with Gasteiger partial charge in [-0.15, -0.1) is 11.6 Å². The van der Waals surface area contributed by atoms with Crippen LogP contribution in [-0.2, 0) is 9.53 Å². The molecule has 0 amide bonds. The van der Waals surface area contributed by atoms with Gasteiger partial charge in [-0.1, -0.05) is 6.92 Å². The Balaban J connectivity index is 3.84. The minimum absolute atomic E-state index is 0.103. The van der Waals surface area contributed by atoms with E-state index < -0.39 is 5.97 Å². The largest absolute Gasteiger partial charge is 0.496 e. The maximum absolute atomic E-state index is 10.1. The highest BCUT2D eigenvalue weighted by molar-refractivity contribution is 6.19. The zero-order valence-electron chi connectivity index (χ0n) is 6.34. The second-order valence-corrected chi connectivity index (χ2v) is 2.20. The van der Waals surface area contributed by atoms with Gasteiger partial charge < -0.3 is 9.84 Å². The summed E-state index contributed by atoms with van der Waals surface area (Å²) in [6.45, 7) is 2.44. The minimum Gasteiger partial charge on any atom is -0.496 e. The fourth-order valence-electron chi connectivity index (χ4n) is 0.490. The first-order chi connectivity index (χ1) is 5.20. The van der Waals surface area contributed by atoms with Gasteiger partial charge in [-0.2, -0.15) is 0 Å². The molecule has 0 aromatic rings. The summed E-state index contributed by atoms with van der Waals surface area (Å²) in [4.78, 5) is 10.1. The Hall–Kier alpha value is -0.700. The van der Waals surface area contributed by atoms with E-state index in [-0.39, 0.29) is 5.88 Å². The number of hydrogen-bond acceptors (Lipinski definition) is 2. The molecule has 64 valence electrons. The summed E-state index contributed by atoms with van der Waals surface area (Å²) in [7, 11) is 0. The molecule has 0 atom stereocenters. The Morgan fingerprint density at radius 2 is 2.36 bits per heavy atom. The van der Waals surface area contributed by atoms with Gasteiger partial charge in [0.05, 0.1) is 18.6 Å². The number of allylic oxidation sites excluding steroid dienone is 1. The Labute approximate surface area is 70.6 Å². The van der Waals surface area contributed by atoms with Crippen LogP contribution in [0.5, 0.6) is 0 Å². The normalized spacial score (nSPS) is 11.3. The third-order valence-corrected chi connectivity index (χ3v) is 1.17. The average molecular weight is 179 g/mol. The van der Waals surface area contributed by atoms with E-state index in [9.17, 15) is 4.79 Å². The van der Waals surface area contributed by atoms with Gasteiger partial charge in [0.15, 0.2) is 0 Å². The molecule has 0 fully saturated rings. The van der Waals surface area contributed by atoms with Gasteiger partial charge in [0, 0.05) is 0 Å². The van der Waals surface area contributed by atoms with Crippen molar-refractivity contribution in [2.45, 2.75) is 13.3 Å². The predicted octanol–water partition coefficient (Wildman–Crippen LogP) is 1.62. The Bertz CT molecular complexity index is 154. The lowest BCUT2D eigenvalue weighted by molar-refractivity contribution is -0.131. The number of ether oxygens (including phenoxy) is 1. The molecule has 0 unspecified atom stereocenters. The van der Waals surface area contributed by atoms with Crippen molar-refractivity contribution in [1.29, 1.82) is 0 Å². The van der Waals surface area contributed by atoms with Gasteiger partial charge in [0.2, 0.25) is 0 Å². The summed E-state index contributed by atoms with van der Waals surface area (Å²) < 4.78 is 5.00. The van der Waals surface area contributed by atoms with E-state index in [4.69, 9.17) is 21.4 Å². The third-order valence-electron chi connectivity index (χ3n) is 0.908. The Morgan fingerprint density at radius 1 is 1.73 bits per heavy atom. The molecular formula is C7H11ClO3. The first kappa shape index (κ1) is 10.3. The first-order valence-electron chi connectivity index (χ1n) is 3.33. The number of alkyl halides is 1. The smallest absolute Gasteiger partial charge is 0.331 e. The molecule has 1 N–H and O–H groups in total. The number of halogens is 1. The van der Waals surface area contributed by atoms with Crippen molar-refractivity contribution in [2.24, 2.45) is 0 Å². The molecule has 0 aromatic carbocycles. The van der Waals surface area contributed by atoms with E-state index in [0.29, 0.717) is 12.4 Å². The predicted molar refractivity (Wildman–Crippen MR) is 42.7 cm³/mol. The highest BCUT2D eigenvalue weighted by Gasteiger charge is 1.98. The molecule has 0 bridgehead atoms. The molecule has 3 nitrogen and oxygen atoms in total. The number of carboxylic acid groups (broad SMARTS) is 1. The number of rotatable bonds is 5. The van der Waals surface area contributed by atoms with Gasteiger partial charge in [-0.3, -0.25) is 0 Å². The van der Waals surface area contributed by atoms with Gasteiger partial charge in [0.25, 0.3) is 0 Å². The zero-order chi connectivity index (χ0) is 8.69. The standard InChI is InChI=1S/C7H11ClO3/c1-2-3-11-6(5-8)4-7(9)10/h4H,2-3,5H2,1H3,(H,9,10). The molecule has 0 saturated carbocycles. The lowest BCUT2D eigenvalue weighted by Gasteiger charge is -2.03. The van der Waals surface area contributed by atoms with Gasteiger partial charge in [-0.05, 0) is 6.42 Å². The second-order valence-electron chi connectivity index (χ2n) is 1.93. The van der Waals surface area contributed by atoms with Crippen molar-refractivity contribution in [2.75, 3.05) is 12.5 Å². The minimum atomic E-state index is -1.03. The van der Waals surface area contributed by atoms with Crippen LogP contribution in [0.4, 0.5) is 0 Å². The van der Waals surface area contributed by atoms with Crippen molar-refractivity contribution < 1.29 is 14.6 Å². The lowest BCUT2D eigenvalue weighted by atomic mass is 10.4. The van der Waals surface area contributed by atoms with E-state index in [1.807, 2.05) is 6.92 Å². The highest BCUT2D eigenvalue weighted by Crippen LogP contribution is 2.00. The van der Waals surface area contributed by atoms with Crippen LogP contribution < -0.4 is 0 Å². The number of hydrogen-bond donors (Lipinski definition) is 1. The Kier molecular flexibility index (Phi) is 5.65. The summed E-state index contributed by atoms with van der Waals surface area (Å²) in [5.41, 5.74) is 0. The fourth-order valence-corrected chi connectivity index (χ4v) is 0.644. The molecule has 0 aliphatic rings. The van der Waals surface area contributed by atoms with Crippen molar-refractivity contribution in [1.82, 2.24) is 0 Å². The van der Waals surface area contributed by atoms with E-state index in [2.05, 4.69) is 0 Å². The molecule has 0 radical (unpaired) electrons. The van der Waals surface area contributed by atoms with Crippen LogP contribution in [0.2, 0.25) is 0 Å². The van der Waals surface area contributed by atoms with Crippen LogP contribution in [0.1, 0.15) is 13.3 Å². The van der Waals surface area contributed by atoms with Crippen LogP contribution >= 0.6 is 11.6 Å². The van der Waals surface area contributed by atoms with Crippen LogP contribution in [0.15, 0.2) is 11.8 Å². The molecule has 0 aliphatic heterocycles. The number of carbonyl (C=O) groups is 1. The SMILES string of the molecule is CCCOC(=CC(=O)O)CCl. The highest BCUT2D eigenvalue weighted by atomic mass is 35.5. The average Bonchev–Trinajstić information content (AvgIpc) is 1.97. The molecule has 0 spiro atoms. The van der Waals surface area contributed by atoms with Crippen LogP contribution in [0, 0.1) is 0 Å². The van der Waals surface area contributed by atoms with E-state index >= 15 is 0 Å². The van der Waals surface area contributed by atoms with Gasteiger partial charge >= 0.3 is 5.97 Å². The van der Waals surface area contributed by atoms with E-state index in [1.54, 1.807) is 0 Å². The fraction of sp³-hybridized carbons (Fsp3) is 0.571. The maximum atomic E-state index is 10.1. The third kappa shape index (κ3) is 5.73. The molecule has 0 rings (SSSR count).